The van der Waals surface area contributed by atoms with Crippen LogP contribution in [0.3, 0.4) is 0 Å². The molecule has 2 aliphatic heterocycles. The van der Waals surface area contributed by atoms with Gasteiger partial charge in [-0.25, -0.2) is 4.79 Å². The Kier molecular flexibility index (Phi) is 12.9. The predicted molar refractivity (Wildman–Crippen MR) is 246 cm³/mol. The predicted octanol–water partition coefficient (Wildman–Crippen LogP) is 9.20. The molecule has 2 aliphatic rings. The topological polar surface area (TPSA) is 136 Å². The number of nitrogens with one attached hydrogen (secondary N) is 3. The van der Waals surface area contributed by atoms with Gasteiger partial charge in [0.05, 0.1) is 17.3 Å². The molecule has 7 rings (SSSR count). The summed E-state index contributed by atoms with van der Waals surface area (Å²) in [4.78, 5) is 46.2. The Labute approximate surface area is 360 Å². The monoisotopic (exact) mass is 843 g/mol. The number of amides is 2. The van der Waals surface area contributed by atoms with E-state index in [0.717, 1.165) is 76.9 Å². The zero-order valence-electron chi connectivity index (χ0n) is 36.6. The Morgan fingerprint density at radius 2 is 1.64 bits per heavy atom. The molecule has 322 valence electrons. The van der Waals surface area contributed by atoms with Gasteiger partial charge in [-0.15, -0.1) is 0 Å². The van der Waals surface area contributed by atoms with E-state index in [1.807, 2.05) is 77.7 Å². The molecular weight excluding hydrogens is 783 g/mol. The Bertz CT molecular complexity index is 2420. The number of piperidine rings is 1. The van der Waals surface area contributed by atoms with E-state index in [9.17, 15) is 19.5 Å². The summed E-state index contributed by atoms with van der Waals surface area (Å²) in [6, 6.07) is 30.6. The molecule has 0 bridgehead atoms. The Morgan fingerprint density at radius 3 is 2.38 bits per heavy atom. The highest BCUT2D eigenvalue weighted by atomic mass is 28.4. The summed E-state index contributed by atoms with van der Waals surface area (Å²) in [6.07, 6.45) is 0.541. The molecule has 1 aromatic heterocycles. The van der Waals surface area contributed by atoms with Crippen molar-refractivity contribution >= 4 is 36.9 Å². The van der Waals surface area contributed by atoms with Crippen molar-refractivity contribution in [2.24, 2.45) is 0 Å². The van der Waals surface area contributed by atoms with E-state index in [4.69, 9.17) is 9.16 Å². The first kappa shape index (κ1) is 43.8. The smallest absolute Gasteiger partial charge is 0.411 e. The van der Waals surface area contributed by atoms with Crippen molar-refractivity contribution in [2.75, 3.05) is 44.6 Å². The summed E-state index contributed by atoms with van der Waals surface area (Å²) < 4.78 is 12.9. The third-order valence-corrected chi connectivity index (χ3v) is 17.3. The van der Waals surface area contributed by atoms with Crippen LogP contribution in [0.2, 0.25) is 18.1 Å². The zero-order chi connectivity index (χ0) is 43.5. The van der Waals surface area contributed by atoms with Gasteiger partial charge in [0.25, 0.3) is 5.91 Å². The first-order valence-corrected chi connectivity index (χ1v) is 24.4. The highest BCUT2D eigenvalue weighted by Gasteiger charge is 2.40. The summed E-state index contributed by atoms with van der Waals surface area (Å²) in [5, 5.41) is 17.9. The Morgan fingerprint density at radius 1 is 0.918 bits per heavy atom. The molecule has 1 saturated heterocycles. The number of phenols is 1. The number of para-hydroxylation sites is 1. The maximum atomic E-state index is 13.9. The van der Waals surface area contributed by atoms with Gasteiger partial charge in [0.1, 0.15) is 11.9 Å². The molecule has 5 aromatic rings. The molecule has 1 atom stereocenters. The summed E-state index contributed by atoms with van der Waals surface area (Å²) in [7, 11) is -2.24. The molecule has 61 heavy (non-hydrogen) atoms. The number of carbonyl (C=O) groups excluding carboxylic acids is 2. The standard InChI is InChI=1S/C49H61N5O6Si/c1-48(2,3)61(6,7)60-43(37-19-21-42(55)45-38(37)20-22-44(56)52-45)31-50-30-33-17-18-39-40(29-33)49(4,5)32-54(46(39)57)28-27-53-25-23-35(24-26-53)59-47(58)51-41-16-12-11-15-36(41)34-13-9-8-10-14-34/h8-22,29,35,43,50,55H,23-28,30-32H2,1-7H3,(H,51,58)(H,52,56). The lowest BCUT2D eigenvalue weighted by atomic mass is 9.77. The van der Waals surface area contributed by atoms with E-state index in [1.54, 1.807) is 12.1 Å². The van der Waals surface area contributed by atoms with E-state index >= 15 is 0 Å². The number of aromatic nitrogens is 1. The van der Waals surface area contributed by atoms with Crippen molar-refractivity contribution in [1.82, 2.24) is 20.1 Å². The molecule has 1 unspecified atom stereocenters. The maximum absolute atomic E-state index is 13.9. The van der Waals surface area contributed by atoms with Crippen LogP contribution in [0, 0.1) is 0 Å². The summed E-state index contributed by atoms with van der Waals surface area (Å²) in [5.41, 5.74) is 6.36. The third-order valence-electron chi connectivity index (χ3n) is 12.8. The second-order valence-corrected chi connectivity index (χ2v) is 23.5. The van der Waals surface area contributed by atoms with Crippen molar-refractivity contribution in [1.29, 1.82) is 0 Å². The van der Waals surface area contributed by atoms with Gasteiger partial charge in [-0.05, 0) is 77.5 Å². The van der Waals surface area contributed by atoms with Crippen LogP contribution in [0.5, 0.6) is 5.75 Å². The van der Waals surface area contributed by atoms with E-state index in [0.29, 0.717) is 31.7 Å². The first-order chi connectivity index (χ1) is 29.0. The fourth-order valence-corrected chi connectivity index (χ4v) is 9.61. The number of rotatable bonds is 13. The second kappa shape index (κ2) is 18.0. The highest BCUT2D eigenvalue weighted by Crippen LogP contribution is 2.41. The molecular formula is C49H61N5O6Si. The van der Waals surface area contributed by atoms with Gasteiger partial charge < -0.3 is 34.4 Å². The fourth-order valence-electron chi connectivity index (χ4n) is 8.33. The van der Waals surface area contributed by atoms with Crippen LogP contribution in [0.1, 0.15) is 80.6 Å². The van der Waals surface area contributed by atoms with Gasteiger partial charge in [0.2, 0.25) is 5.56 Å². The van der Waals surface area contributed by atoms with Gasteiger partial charge in [0.15, 0.2) is 8.32 Å². The van der Waals surface area contributed by atoms with E-state index in [1.165, 1.54) is 6.07 Å². The van der Waals surface area contributed by atoms with Crippen LogP contribution in [-0.4, -0.2) is 85.6 Å². The van der Waals surface area contributed by atoms with Crippen LogP contribution >= 0.6 is 0 Å². The minimum absolute atomic E-state index is 0.0238. The molecule has 0 spiro atoms. The van der Waals surface area contributed by atoms with E-state index in [-0.39, 0.29) is 39.9 Å². The summed E-state index contributed by atoms with van der Waals surface area (Å²) >= 11 is 0. The average molecular weight is 844 g/mol. The number of ether oxygens (including phenoxy) is 1. The van der Waals surface area contributed by atoms with Gasteiger partial charge in [0, 0.05) is 73.8 Å². The maximum Gasteiger partial charge on any atom is 0.411 e. The van der Waals surface area contributed by atoms with E-state index in [2.05, 4.69) is 74.3 Å². The molecule has 0 saturated carbocycles. The molecule has 1 fully saturated rings. The lowest BCUT2D eigenvalue weighted by molar-refractivity contribution is 0.0493. The number of anilines is 1. The molecule has 0 radical (unpaired) electrons. The lowest BCUT2D eigenvalue weighted by Gasteiger charge is -2.41. The number of likely N-dealkylation sites (tertiary alicyclic amines) is 1. The number of carbonyl (C=O) groups is 2. The first-order valence-electron chi connectivity index (χ1n) is 21.5. The zero-order valence-corrected chi connectivity index (χ0v) is 37.6. The number of hydrogen-bond donors (Lipinski definition) is 4. The molecule has 12 heteroatoms. The Balaban J connectivity index is 0.936. The number of aromatic amines is 1. The number of phenolic OH excluding ortho intramolecular Hbond substituents is 1. The number of fused-ring (bicyclic) bond motifs is 2. The molecule has 2 amide bonds. The molecule has 4 aromatic carbocycles. The highest BCUT2D eigenvalue weighted by molar-refractivity contribution is 6.74. The van der Waals surface area contributed by atoms with Crippen LogP contribution in [0.15, 0.2) is 102 Å². The number of aromatic hydroxyl groups is 1. The molecule has 4 N–H and O–H groups in total. The normalized spacial score (nSPS) is 16.6. The molecule has 0 aliphatic carbocycles. The number of H-pyrrole nitrogens is 1. The van der Waals surface area contributed by atoms with Crippen molar-refractivity contribution in [3.05, 3.63) is 130 Å². The minimum Gasteiger partial charge on any atom is -0.506 e. The summed E-state index contributed by atoms with van der Waals surface area (Å²) in [5.74, 6) is 0.0789. The van der Waals surface area contributed by atoms with Crippen LogP contribution in [-0.2, 0) is 21.1 Å². The van der Waals surface area contributed by atoms with Crippen molar-refractivity contribution < 1.29 is 23.9 Å². The van der Waals surface area contributed by atoms with Crippen LogP contribution in [0.25, 0.3) is 22.0 Å². The van der Waals surface area contributed by atoms with Crippen molar-refractivity contribution in [3.63, 3.8) is 0 Å². The van der Waals surface area contributed by atoms with Crippen molar-refractivity contribution in [2.45, 2.75) is 89.8 Å². The quantitative estimate of drug-likeness (QED) is 0.0863. The second-order valence-electron chi connectivity index (χ2n) is 18.8. The average Bonchev–Trinajstić information content (AvgIpc) is 3.22. The van der Waals surface area contributed by atoms with Crippen molar-refractivity contribution in [3.8, 4) is 16.9 Å². The molecule has 11 nitrogen and oxygen atoms in total. The van der Waals surface area contributed by atoms with Crippen LogP contribution in [0.4, 0.5) is 10.5 Å². The number of hydrogen-bond acceptors (Lipinski definition) is 8. The number of benzene rings is 4. The van der Waals surface area contributed by atoms with Gasteiger partial charge in [-0.1, -0.05) is 101 Å². The SMILES string of the molecule is CC1(C)CN(CCN2CCC(OC(=O)Nc3ccccc3-c3ccccc3)CC2)C(=O)c2ccc(CNCC(O[Si](C)(C)C(C)(C)C)c3ccc(O)c4[nH]c(=O)ccc34)cc21. The summed E-state index contributed by atoms with van der Waals surface area (Å²) in [6.45, 7) is 20.2. The third kappa shape index (κ3) is 10.1. The van der Waals surface area contributed by atoms with Gasteiger partial charge in [-0.3, -0.25) is 14.9 Å². The van der Waals surface area contributed by atoms with Gasteiger partial charge in [-0.2, -0.15) is 0 Å². The molecule has 3 heterocycles. The fraction of sp³-hybridized carbons (Fsp3) is 0.408. The lowest BCUT2D eigenvalue weighted by Crippen LogP contribution is -2.50. The Hall–Kier alpha value is -5.27. The number of pyridine rings is 1. The van der Waals surface area contributed by atoms with Gasteiger partial charge >= 0.3 is 6.09 Å². The largest absolute Gasteiger partial charge is 0.506 e. The minimum atomic E-state index is -2.24. The number of nitrogens with zero attached hydrogens (tertiary/aromatic N) is 2. The van der Waals surface area contributed by atoms with E-state index < -0.39 is 14.4 Å². The van der Waals surface area contributed by atoms with Crippen LogP contribution < -0.4 is 16.2 Å².